The molecule has 94 valence electrons. The largest absolute Gasteiger partial charge is 0.308 e. The molecule has 1 aliphatic carbocycles. The number of aryl methyl sites for hydroxylation is 1. The molecule has 1 aromatic heterocycles. The maximum Gasteiger partial charge on any atom is 0.0783 e. The molecule has 0 unspecified atom stereocenters. The average Bonchev–Trinajstić information content (AvgIpc) is 3.08. The Bertz CT molecular complexity index is 555. The van der Waals surface area contributed by atoms with E-state index in [2.05, 4.69) is 47.7 Å². The molecule has 1 saturated carbocycles. The summed E-state index contributed by atoms with van der Waals surface area (Å²) >= 11 is 0. The molecule has 1 fully saturated rings. The molecule has 1 aliphatic rings. The van der Waals surface area contributed by atoms with Crippen LogP contribution in [0, 0.1) is 13.8 Å². The van der Waals surface area contributed by atoms with Crippen LogP contribution in [-0.4, -0.2) is 21.0 Å². The van der Waals surface area contributed by atoms with E-state index in [0.29, 0.717) is 6.04 Å². The first-order valence-corrected chi connectivity index (χ1v) is 6.45. The highest BCUT2D eigenvalue weighted by atomic mass is 15.4. The normalized spacial score (nSPS) is 15.0. The lowest BCUT2D eigenvalue weighted by Crippen LogP contribution is -2.18. The van der Waals surface area contributed by atoms with Gasteiger partial charge in [-0.2, -0.15) is 0 Å². The second kappa shape index (κ2) is 4.53. The summed E-state index contributed by atoms with van der Waals surface area (Å²) in [6, 6.07) is 6.99. The van der Waals surface area contributed by atoms with Crippen molar-refractivity contribution in [3.63, 3.8) is 0 Å². The van der Waals surface area contributed by atoms with Crippen LogP contribution < -0.4 is 5.32 Å². The van der Waals surface area contributed by atoms with E-state index in [4.69, 9.17) is 0 Å². The summed E-state index contributed by atoms with van der Waals surface area (Å²) in [6.07, 6.45) is 4.44. The summed E-state index contributed by atoms with van der Waals surface area (Å²) in [4.78, 5) is 0. The molecule has 0 radical (unpaired) electrons. The fourth-order valence-corrected chi connectivity index (χ4v) is 2.08. The highest BCUT2D eigenvalue weighted by Gasteiger charge is 2.21. The van der Waals surface area contributed by atoms with Crippen molar-refractivity contribution in [2.75, 3.05) is 0 Å². The van der Waals surface area contributed by atoms with Gasteiger partial charge in [0.15, 0.2) is 0 Å². The molecule has 0 saturated heterocycles. The predicted octanol–water partition coefficient (Wildman–Crippen LogP) is 2.14. The second-order valence-corrected chi connectivity index (χ2v) is 5.01. The summed E-state index contributed by atoms with van der Waals surface area (Å²) < 4.78 is 1.94. The van der Waals surface area contributed by atoms with Crippen molar-refractivity contribution in [2.45, 2.75) is 39.3 Å². The van der Waals surface area contributed by atoms with E-state index in [1.165, 1.54) is 24.0 Å². The minimum absolute atomic E-state index is 0.701. The van der Waals surface area contributed by atoms with Gasteiger partial charge in [0.25, 0.3) is 0 Å². The van der Waals surface area contributed by atoms with E-state index in [-0.39, 0.29) is 0 Å². The van der Waals surface area contributed by atoms with E-state index in [0.717, 1.165) is 17.9 Å². The molecule has 18 heavy (non-hydrogen) atoms. The van der Waals surface area contributed by atoms with Gasteiger partial charge < -0.3 is 5.32 Å². The van der Waals surface area contributed by atoms with E-state index >= 15 is 0 Å². The lowest BCUT2D eigenvalue weighted by Gasteiger charge is -2.11. The van der Waals surface area contributed by atoms with Crippen LogP contribution in [0.2, 0.25) is 0 Å². The molecule has 1 heterocycles. The fraction of sp³-hybridized carbons (Fsp3) is 0.429. The monoisotopic (exact) mass is 242 g/mol. The van der Waals surface area contributed by atoms with Crippen LogP contribution in [-0.2, 0) is 6.54 Å². The maximum atomic E-state index is 4.21. The smallest absolute Gasteiger partial charge is 0.0783 e. The Labute approximate surface area is 107 Å². The molecule has 0 aliphatic heterocycles. The minimum Gasteiger partial charge on any atom is -0.308 e. The van der Waals surface area contributed by atoms with Gasteiger partial charge in [-0.1, -0.05) is 17.3 Å². The van der Waals surface area contributed by atoms with Gasteiger partial charge in [-0.25, -0.2) is 4.68 Å². The number of rotatable bonds is 4. The van der Waals surface area contributed by atoms with Gasteiger partial charge in [0.2, 0.25) is 0 Å². The van der Waals surface area contributed by atoms with Gasteiger partial charge in [-0.15, -0.1) is 5.10 Å². The van der Waals surface area contributed by atoms with Crippen LogP contribution in [0.3, 0.4) is 0 Å². The van der Waals surface area contributed by atoms with Crippen molar-refractivity contribution in [2.24, 2.45) is 0 Å². The zero-order valence-corrected chi connectivity index (χ0v) is 10.8. The van der Waals surface area contributed by atoms with Gasteiger partial charge in [0.05, 0.1) is 17.6 Å². The van der Waals surface area contributed by atoms with E-state index in [1.54, 1.807) is 0 Å². The van der Waals surface area contributed by atoms with Crippen molar-refractivity contribution in [1.82, 2.24) is 20.3 Å². The Morgan fingerprint density at radius 2 is 2.17 bits per heavy atom. The van der Waals surface area contributed by atoms with Crippen molar-refractivity contribution >= 4 is 0 Å². The number of nitrogens with one attached hydrogen (secondary N) is 1. The molecular weight excluding hydrogens is 224 g/mol. The number of hydrogen-bond acceptors (Lipinski definition) is 3. The molecule has 1 N–H and O–H groups in total. The Hall–Kier alpha value is -1.68. The molecule has 0 spiro atoms. The van der Waals surface area contributed by atoms with Gasteiger partial charge in [0.1, 0.15) is 0 Å². The SMILES string of the molecule is Cc1cccc(-n2nncc2CNC2CC2)c1C. The molecule has 4 nitrogen and oxygen atoms in total. The molecule has 3 rings (SSSR count). The third-order valence-electron chi connectivity index (χ3n) is 3.57. The first-order valence-electron chi connectivity index (χ1n) is 6.45. The molecule has 1 aromatic carbocycles. The number of nitrogens with zero attached hydrogens (tertiary/aromatic N) is 3. The molecule has 0 amide bonds. The van der Waals surface area contributed by atoms with Crippen LogP contribution in [0.4, 0.5) is 0 Å². The Morgan fingerprint density at radius 1 is 1.33 bits per heavy atom. The highest BCUT2D eigenvalue weighted by molar-refractivity contribution is 5.44. The Kier molecular flexibility index (Phi) is 2.88. The van der Waals surface area contributed by atoms with Crippen molar-refractivity contribution < 1.29 is 0 Å². The summed E-state index contributed by atoms with van der Waals surface area (Å²) in [5, 5.41) is 11.8. The number of hydrogen-bond donors (Lipinski definition) is 1. The van der Waals surface area contributed by atoms with Gasteiger partial charge >= 0.3 is 0 Å². The second-order valence-electron chi connectivity index (χ2n) is 5.01. The maximum absolute atomic E-state index is 4.21. The van der Waals surface area contributed by atoms with E-state index in [9.17, 15) is 0 Å². The molecule has 0 bridgehead atoms. The Balaban J connectivity index is 1.90. The highest BCUT2D eigenvalue weighted by Crippen LogP contribution is 2.21. The zero-order valence-electron chi connectivity index (χ0n) is 10.8. The quantitative estimate of drug-likeness (QED) is 0.893. The third kappa shape index (κ3) is 2.16. The molecule has 0 atom stereocenters. The standard InChI is InChI=1S/C14H18N4/c1-10-4-3-5-14(11(10)2)18-13(9-16-17-18)8-15-12-6-7-12/h3-5,9,12,15H,6-8H2,1-2H3. The van der Waals surface area contributed by atoms with Gasteiger partial charge in [0, 0.05) is 12.6 Å². The van der Waals surface area contributed by atoms with Crippen molar-refractivity contribution in [3.05, 3.63) is 41.2 Å². The van der Waals surface area contributed by atoms with Gasteiger partial charge in [-0.3, -0.25) is 0 Å². The molecular formula is C14H18N4. The van der Waals surface area contributed by atoms with Crippen LogP contribution in [0.5, 0.6) is 0 Å². The fourth-order valence-electron chi connectivity index (χ4n) is 2.08. The van der Waals surface area contributed by atoms with Crippen molar-refractivity contribution in [3.8, 4) is 5.69 Å². The topological polar surface area (TPSA) is 42.7 Å². The van der Waals surface area contributed by atoms with Gasteiger partial charge in [-0.05, 0) is 43.9 Å². The van der Waals surface area contributed by atoms with Crippen LogP contribution >= 0.6 is 0 Å². The molecule has 2 aromatic rings. The van der Waals surface area contributed by atoms with Crippen LogP contribution in [0.25, 0.3) is 5.69 Å². The predicted molar refractivity (Wildman–Crippen MR) is 70.7 cm³/mol. The third-order valence-corrected chi connectivity index (χ3v) is 3.57. The summed E-state index contributed by atoms with van der Waals surface area (Å²) in [5.41, 5.74) is 4.79. The number of benzene rings is 1. The van der Waals surface area contributed by atoms with Crippen LogP contribution in [0.15, 0.2) is 24.4 Å². The lowest BCUT2D eigenvalue weighted by molar-refractivity contribution is 0.646. The summed E-state index contributed by atoms with van der Waals surface area (Å²) in [5.74, 6) is 0. The number of aromatic nitrogens is 3. The van der Waals surface area contributed by atoms with E-state index in [1.807, 2.05) is 10.9 Å². The van der Waals surface area contributed by atoms with Crippen LogP contribution in [0.1, 0.15) is 29.7 Å². The summed E-state index contributed by atoms with van der Waals surface area (Å²) in [6.45, 7) is 5.09. The van der Waals surface area contributed by atoms with Crippen molar-refractivity contribution in [1.29, 1.82) is 0 Å². The zero-order chi connectivity index (χ0) is 12.5. The first-order chi connectivity index (χ1) is 8.75. The lowest BCUT2D eigenvalue weighted by atomic mass is 10.1. The first kappa shape index (κ1) is 11.4. The average molecular weight is 242 g/mol. The van der Waals surface area contributed by atoms with E-state index < -0.39 is 0 Å². The Morgan fingerprint density at radius 3 is 2.94 bits per heavy atom. The molecule has 4 heteroatoms. The minimum atomic E-state index is 0.701. The summed E-state index contributed by atoms with van der Waals surface area (Å²) in [7, 11) is 0.